The van der Waals surface area contributed by atoms with E-state index in [1.54, 1.807) is 12.1 Å². The van der Waals surface area contributed by atoms with Crippen molar-refractivity contribution in [3.8, 4) is 0 Å². The minimum absolute atomic E-state index is 0.186. The van der Waals surface area contributed by atoms with Gasteiger partial charge in [0.15, 0.2) is 0 Å². The second-order valence-corrected chi connectivity index (χ2v) is 3.47. The number of nitrogens with one attached hydrogen (secondary N) is 1. The molecule has 98 valence electrons. The summed E-state index contributed by atoms with van der Waals surface area (Å²) in [7, 11) is 0. The highest BCUT2D eigenvalue weighted by Gasteiger charge is 2.36. The van der Waals surface area contributed by atoms with E-state index in [-0.39, 0.29) is 12.1 Å². The summed E-state index contributed by atoms with van der Waals surface area (Å²) in [5.74, 6) is -2.71. The van der Waals surface area contributed by atoms with Gasteiger partial charge in [-0.25, -0.2) is 0 Å². The highest BCUT2D eigenvalue weighted by molar-refractivity contribution is 5.36. The SMILES string of the molecule is CC.CC.Cc1ccc2c(c1)C(F)(F)CNC2. The van der Waals surface area contributed by atoms with Crippen LogP contribution in [0.15, 0.2) is 18.2 Å². The average molecular weight is 243 g/mol. The quantitative estimate of drug-likeness (QED) is 0.718. The van der Waals surface area contributed by atoms with Gasteiger partial charge in [0.1, 0.15) is 0 Å². The molecule has 0 bridgehead atoms. The molecule has 1 aliphatic heterocycles. The molecule has 0 spiro atoms. The first-order chi connectivity index (χ1) is 8.09. The molecule has 0 atom stereocenters. The molecular formula is C14H23F2N. The van der Waals surface area contributed by atoms with Crippen molar-refractivity contribution in [1.29, 1.82) is 0 Å². The third-order valence-electron chi connectivity index (χ3n) is 2.32. The standard InChI is InChI=1S/C10H11F2N.2C2H6/c1-7-2-3-8-5-13-6-10(11,12)9(8)4-7;2*1-2/h2-4,13H,5-6H2,1H3;2*1-2H3. The van der Waals surface area contributed by atoms with Crippen LogP contribution in [0.5, 0.6) is 0 Å². The van der Waals surface area contributed by atoms with Crippen LogP contribution in [-0.2, 0) is 12.5 Å². The molecule has 1 nitrogen and oxygen atoms in total. The molecule has 0 saturated carbocycles. The monoisotopic (exact) mass is 243 g/mol. The topological polar surface area (TPSA) is 12.0 Å². The summed E-state index contributed by atoms with van der Waals surface area (Å²) in [6, 6.07) is 5.21. The Hall–Kier alpha value is -0.960. The van der Waals surface area contributed by atoms with Crippen molar-refractivity contribution >= 4 is 0 Å². The molecule has 3 heteroatoms. The second kappa shape index (κ2) is 7.38. The highest BCUT2D eigenvalue weighted by Crippen LogP contribution is 2.33. The van der Waals surface area contributed by atoms with Crippen LogP contribution in [0.2, 0.25) is 0 Å². The maximum Gasteiger partial charge on any atom is 0.285 e. The number of hydrogen-bond donors (Lipinski definition) is 1. The van der Waals surface area contributed by atoms with E-state index in [1.807, 2.05) is 40.7 Å². The zero-order valence-electron chi connectivity index (χ0n) is 11.4. The summed E-state index contributed by atoms with van der Waals surface area (Å²) in [5, 5.41) is 2.70. The molecule has 0 aromatic heterocycles. The number of halogens is 2. The van der Waals surface area contributed by atoms with E-state index in [0.717, 1.165) is 5.56 Å². The van der Waals surface area contributed by atoms with Gasteiger partial charge < -0.3 is 5.32 Å². The molecule has 0 unspecified atom stereocenters. The molecule has 0 radical (unpaired) electrons. The predicted octanol–water partition coefficient (Wildman–Crippen LogP) is 4.24. The fourth-order valence-corrected chi connectivity index (χ4v) is 1.63. The van der Waals surface area contributed by atoms with Gasteiger partial charge in [-0.15, -0.1) is 0 Å². The Morgan fingerprint density at radius 3 is 2.29 bits per heavy atom. The molecule has 1 aliphatic rings. The Labute approximate surface area is 103 Å². The van der Waals surface area contributed by atoms with Crippen LogP contribution in [0.4, 0.5) is 8.78 Å². The fourth-order valence-electron chi connectivity index (χ4n) is 1.63. The van der Waals surface area contributed by atoms with Gasteiger partial charge in [-0.05, 0) is 18.6 Å². The van der Waals surface area contributed by atoms with E-state index < -0.39 is 5.92 Å². The lowest BCUT2D eigenvalue weighted by Crippen LogP contribution is -2.36. The Bertz CT molecular complexity index is 335. The summed E-state index contributed by atoms with van der Waals surface area (Å²) in [4.78, 5) is 0. The van der Waals surface area contributed by atoms with Gasteiger partial charge in [0.05, 0.1) is 6.54 Å². The first kappa shape index (κ1) is 16.0. The van der Waals surface area contributed by atoms with Crippen LogP contribution < -0.4 is 5.32 Å². The summed E-state index contributed by atoms with van der Waals surface area (Å²) in [5.41, 5.74) is 1.79. The minimum atomic E-state index is -2.71. The van der Waals surface area contributed by atoms with Crippen LogP contribution in [0.3, 0.4) is 0 Å². The fraction of sp³-hybridized carbons (Fsp3) is 0.571. The van der Waals surface area contributed by atoms with Crippen molar-refractivity contribution in [2.45, 2.75) is 47.1 Å². The number of rotatable bonds is 0. The minimum Gasteiger partial charge on any atom is -0.307 e. The van der Waals surface area contributed by atoms with Crippen LogP contribution in [-0.4, -0.2) is 6.54 Å². The molecule has 1 N–H and O–H groups in total. The lowest BCUT2D eigenvalue weighted by molar-refractivity contribution is -0.0108. The molecule has 1 aromatic carbocycles. The number of fused-ring (bicyclic) bond motifs is 1. The van der Waals surface area contributed by atoms with Gasteiger partial charge in [0.25, 0.3) is 5.92 Å². The first-order valence-corrected chi connectivity index (χ1v) is 6.28. The van der Waals surface area contributed by atoms with Crippen LogP contribution in [0.25, 0.3) is 0 Å². The summed E-state index contributed by atoms with van der Waals surface area (Å²) in [6.07, 6.45) is 0. The molecule has 2 rings (SSSR count). The van der Waals surface area contributed by atoms with E-state index in [2.05, 4.69) is 5.32 Å². The van der Waals surface area contributed by atoms with E-state index in [1.165, 1.54) is 0 Å². The lowest BCUT2D eigenvalue weighted by atomic mass is 9.96. The zero-order chi connectivity index (χ0) is 13.5. The van der Waals surface area contributed by atoms with Crippen molar-refractivity contribution in [3.63, 3.8) is 0 Å². The van der Waals surface area contributed by atoms with Crippen molar-refractivity contribution < 1.29 is 8.78 Å². The van der Waals surface area contributed by atoms with E-state index in [9.17, 15) is 8.78 Å². The predicted molar refractivity (Wildman–Crippen MR) is 69.5 cm³/mol. The molecule has 0 fully saturated rings. The molecule has 17 heavy (non-hydrogen) atoms. The Morgan fingerprint density at radius 1 is 1.12 bits per heavy atom. The van der Waals surface area contributed by atoms with E-state index >= 15 is 0 Å². The molecule has 1 heterocycles. The lowest BCUT2D eigenvalue weighted by Gasteiger charge is -2.26. The van der Waals surface area contributed by atoms with Crippen LogP contribution >= 0.6 is 0 Å². The molecule has 0 amide bonds. The maximum absolute atomic E-state index is 13.3. The Balaban J connectivity index is 0.000000581. The summed E-state index contributed by atoms with van der Waals surface area (Å²) in [6.45, 7) is 10.1. The highest BCUT2D eigenvalue weighted by atomic mass is 19.3. The van der Waals surface area contributed by atoms with Crippen molar-refractivity contribution in [2.24, 2.45) is 0 Å². The number of benzene rings is 1. The van der Waals surface area contributed by atoms with Crippen molar-refractivity contribution in [2.75, 3.05) is 6.54 Å². The van der Waals surface area contributed by atoms with Gasteiger partial charge >= 0.3 is 0 Å². The molecular weight excluding hydrogens is 220 g/mol. The summed E-state index contributed by atoms with van der Waals surface area (Å²) >= 11 is 0. The zero-order valence-corrected chi connectivity index (χ0v) is 11.4. The van der Waals surface area contributed by atoms with Crippen molar-refractivity contribution in [3.05, 3.63) is 34.9 Å². The maximum atomic E-state index is 13.3. The van der Waals surface area contributed by atoms with E-state index in [0.29, 0.717) is 12.1 Å². The summed E-state index contributed by atoms with van der Waals surface area (Å²) < 4.78 is 26.6. The average Bonchev–Trinajstić information content (AvgIpc) is 2.35. The smallest absolute Gasteiger partial charge is 0.285 e. The Morgan fingerprint density at radius 2 is 1.71 bits per heavy atom. The second-order valence-electron chi connectivity index (χ2n) is 3.47. The largest absolute Gasteiger partial charge is 0.307 e. The Kier molecular flexibility index (Phi) is 6.97. The first-order valence-electron chi connectivity index (χ1n) is 6.28. The molecule has 0 aliphatic carbocycles. The van der Waals surface area contributed by atoms with Gasteiger partial charge in [-0.3, -0.25) is 0 Å². The third-order valence-corrected chi connectivity index (χ3v) is 2.32. The van der Waals surface area contributed by atoms with Gasteiger partial charge in [-0.2, -0.15) is 8.78 Å². The number of aryl methyl sites for hydroxylation is 1. The number of alkyl halides is 2. The molecule has 1 aromatic rings. The van der Waals surface area contributed by atoms with Gasteiger partial charge in [-0.1, -0.05) is 45.4 Å². The third kappa shape index (κ3) is 4.08. The normalized spacial score (nSPS) is 15.7. The molecule has 0 saturated heterocycles. The van der Waals surface area contributed by atoms with Gasteiger partial charge in [0.2, 0.25) is 0 Å². The van der Waals surface area contributed by atoms with E-state index in [4.69, 9.17) is 0 Å². The van der Waals surface area contributed by atoms with Crippen molar-refractivity contribution in [1.82, 2.24) is 5.32 Å². The van der Waals surface area contributed by atoms with Crippen LogP contribution in [0, 0.1) is 6.92 Å². The van der Waals surface area contributed by atoms with Gasteiger partial charge in [0, 0.05) is 12.1 Å². The number of hydrogen-bond acceptors (Lipinski definition) is 1. The van der Waals surface area contributed by atoms with Crippen LogP contribution in [0.1, 0.15) is 44.4 Å².